The van der Waals surface area contributed by atoms with Crippen molar-refractivity contribution in [2.45, 2.75) is 40.0 Å². The summed E-state index contributed by atoms with van der Waals surface area (Å²) in [6, 6.07) is 0. The Bertz CT molecular complexity index is 217. The van der Waals surface area contributed by atoms with Gasteiger partial charge in [0.2, 0.25) is 0 Å². The lowest BCUT2D eigenvalue weighted by Gasteiger charge is -2.32. The molecule has 0 radical (unpaired) electrons. The monoisotopic (exact) mass is 180 g/mol. The zero-order chi connectivity index (χ0) is 10.0. The van der Waals surface area contributed by atoms with Crippen molar-refractivity contribution in [2.75, 3.05) is 0 Å². The van der Waals surface area contributed by atoms with E-state index in [1.807, 2.05) is 6.92 Å². The first-order valence-electron chi connectivity index (χ1n) is 5.24. The number of Topliss-reactive ketones (excluding diaryl/α,β-unsaturated/α-hetero) is 1. The van der Waals surface area contributed by atoms with Crippen LogP contribution in [0.3, 0.4) is 0 Å². The van der Waals surface area contributed by atoms with Crippen LogP contribution in [0.25, 0.3) is 0 Å². The summed E-state index contributed by atoms with van der Waals surface area (Å²) in [6.45, 7) is 10.2. The van der Waals surface area contributed by atoms with Crippen LogP contribution in [0.15, 0.2) is 12.2 Å². The van der Waals surface area contributed by atoms with E-state index in [0.717, 1.165) is 12.8 Å². The Hall–Kier alpha value is -0.590. The molecule has 0 aliphatic heterocycles. The first-order chi connectivity index (χ1) is 6.06. The Morgan fingerprint density at radius 3 is 2.69 bits per heavy atom. The average Bonchev–Trinajstić information content (AvgIpc) is 2.09. The maximum Gasteiger partial charge on any atom is 0.136 e. The van der Waals surface area contributed by atoms with Crippen LogP contribution in [0.5, 0.6) is 0 Å². The molecule has 0 N–H and O–H groups in total. The fraction of sp³-hybridized carbons (Fsp3) is 0.750. The third-order valence-electron chi connectivity index (χ3n) is 3.47. The lowest BCUT2D eigenvalue weighted by Crippen LogP contribution is -2.31. The Labute approximate surface area is 81.2 Å². The molecule has 0 amide bonds. The van der Waals surface area contributed by atoms with E-state index >= 15 is 0 Å². The number of rotatable bonds is 2. The summed E-state index contributed by atoms with van der Waals surface area (Å²) in [5, 5.41) is 0. The van der Waals surface area contributed by atoms with Crippen LogP contribution in [-0.4, -0.2) is 5.78 Å². The fourth-order valence-corrected chi connectivity index (χ4v) is 2.24. The molecule has 1 heteroatoms. The molecule has 1 fully saturated rings. The largest absolute Gasteiger partial charge is 0.299 e. The van der Waals surface area contributed by atoms with Crippen molar-refractivity contribution >= 4 is 5.78 Å². The van der Waals surface area contributed by atoms with Crippen molar-refractivity contribution in [2.24, 2.45) is 17.8 Å². The molecule has 3 atom stereocenters. The third kappa shape index (κ3) is 2.20. The van der Waals surface area contributed by atoms with Gasteiger partial charge < -0.3 is 0 Å². The molecule has 74 valence electrons. The summed E-state index contributed by atoms with van der Waals surface area (Å²) in [5.41, 5.74) is 1.18. The second-order valence-electron chi connectivity index (χ2n) is 4.41. The molecule has 0 aromatic heterocycles. The van der Waals surface area contributed by atoms with Gasteiger partial charge in [-0.15, -0.1) is 0 Å². The molecular weight excluding hydrogens is 160 g/mol. The summed E-state index contributed by atoms with van der Waals surface area (Å²) in [7, 11) is 0. The summed E-state index contributed by atoms with van der Waals surface area (Å²) < 4.78 is 0. The molecule has 0 heterocycles. The zero-order valence-corrected chi connectivity index (χ0v) is 8.97. The molecule has 1 aliphatic rings. The number of carbonyl (C=O) groups is 1. The Balaban J connectivity index is 2.69. The lowest BCUT2D eigenvalue weighted by atomic mass is 9.71. The molecule has 0 bridgehead atoms. The molecule has 13 heavy (non-hydrogen) atoms. The predicted molar refractivity (Wildman–Crippen MR) is 55.5 cm³/mol. The van der Waals surface area contributed by atoms with Crippen LogP contribution < -0.4 is 0 Å². The predicted octanol–water partition coefficient (Wildman–Crippen LogP) is 3.20. The van der Waals surface area contributed by atoms with E-state index in [4.69, 9.17) is 0 Å². The van der Waals surface area contributed by atoms with Crippen LogP contribution in [0, 0.1) is 17.8 Å². The quantitative estimate of drug-likeness (QED) is 0.596. The summed E-state index contributed by atoms with van der Waals surface area (Å²) in [6.07, 6.45) is 3.02. The Morgan fingerprint density at radius 2 is 2.23 bits per heavy atom. The van der Waals surface area contributed by atoms with Crippen molar-refractivity contribution < 1.29 is 4.79 Å². The number of hydrogen-bond donors (Lipinski definition) is 0. The zero-order valence-electron chi connectivity index (χ0n) is 8.97. The third-order valence-corrected chi connectivity index (χ3v) is 3.47. The van der Waals surface area contributed by atoms with Crippen LogP contribution in [0.4, 0.5) is 0 Å². The first kappa shape index (κ1) is 10.5. The van der Waals surface area contributed by atoms with Gasteiger partial charge in [-0.1, -0.05) is 32.4 Å². The highest BCUT2D eigenvalue weighted by Gasteiger charge is 2.32. The summed E-state index contributed by atoms with van der Waals surface area (Å²) in [5.74, 6) is 1.75. The van der Waals surface area contributed by atoms with Gasteiger partial charge in [0.05, 0.1) is 0 Å². The van der Waals surface area contributed by atoms with Gasteiger partial charge >= 0.3 is 0 Å². The lowest BCUT2D eigenvalue weighted by molar-refractivity contribution is -0.127. The molecule has 0 aromatic carbocycles. The van der Waals surface area contributed by atoms with Crippen LogP contribution in [0.2, 0.25) is 0 Å². The van der Waals surface area contributed by atoms with Gasteiger partial charge in [0.1, 0.15) is 5.78 Å². The highest BCUT2D eigenvalue weighted by molar-refractivity contribution is 5.82. The SMILES string of the molecule is C=C(C)C1CC(=O)C(C)C(CC)C1. The smallest absolute Gasteiger partial charge is 0.136 e. The molecule has 0 saturated heterocycles. The summed E-state index contributed by atoms with van der Waals surface area (Å²) in [4.78, 5) is 11.6. The summed E-state index contributed by atoms with van der Waals surface area (Å²) >= 11 is 0. The first-order valence-corrected chi connectivity index (χ1v) is 5.24. The van der Waals surface area contributed by atoms with E-state index in [2.05, 4.69) is 20.4 Å². The van der Waals surface area contributed by atoms with Crippen molar-refractivity contribution in [3.8, 4) is 0 Å². The van der Waals surface area contributed by atoms with E-state index < -0.39 is 0 Å². The average molecular weight is 180 g/mol. The minimum absolute atomic E-state index is 0.278. The molecule has 1 aliphatic carbocycles. The van der Waals surface area contributed by atoms with E-state index in [-0.39, 0.29) is 5.92 Å². The van der Waals surface area contributed by atoms with Gasteiger partial charge in [-0.3, -0.25) is 4.79 Å². The van der Waals surface area contributed by atoms with Gasteiger partial charge in [0.25, 0.3) is 0 Å². The second-order valence-corrected chi connectivity index (χ2v) is 4.41. The number of ketones is 1. The maximum atomic E-state index is 11.6. The van der Waals surface area contributed by atoms with Crippen molar-refractivity contribution in [1.82, 2.24) is 0 Å². The molecule has 3 unspecified atom stereocenters. The standard InChI is InChI=1S/C12H20O/c1-5-10-6-11(8(2)3)7-12(13)9(10)4/h9-11H,2,5-7H2,1,3-4H3. The topological polar surface area (TPSA) is 17.1 Å². The van der Waals surface area contributed by atoms with Gasteiger partial charge in [-0.05, 0) is 25.2 Å². The van der Waals surface area contributed by atoms with Gasteiger partial charge in [0.15, 0.2) is 0 Å². The van der Waals surface area contributed by atoms with Crippen LogP contribution in [0.1, 0.15) is 40.0 Å². The fourth-order valence-electron chi connectivity index (χ4n) is 2.24. The number of allylic oxidation sites excluding steroid dienone is 1. The Kier molecular flexibility index (Phi) is 3.29. The molecule has 0 spiro atoms. The van der Waals surface area contributed by atoms with E-state index in [0.29, 0.717) is 17.6 Å². The molecular formula is C12H20O. The normalized spacial score (nSPS) is 34.7. The van der Waals surface area contributed by atoms with Gasteiger partial charge in [0, 0.05) is 12.3 Å². The van der Waals surface area contributed by atoms with E-state index in [1.54, 1.807) is 0 Å². The van der Waals surface area contributed by atoms with Crippen LogP contribution >= 0.6 is 0 Å². The second kappa shape index (κ2) is 4.08. The maximum absolute atomic E-state index is 11.6. The highest BCUT2D eigenvalue weighted by atomic mass is 16.1. The van der Waals surface area contributed by atoms with Crippen LogP contribution in [-0.2, 0) is 4.79 Å². The van der Waals surface area contributed by atoms with Gasteiger partial charge in [-0.25, -0.2) is 0 Å². The molecule has 1 nitrogen and oxygen atoms in total. The molecule has 1 rings (SSSR count). The number of carbonyl (C=O) groups excluding carboxylic acids is 1. The van der Waals surface area contributed by atoms with E-state index in [9.17, 15) is 4.79 Å². The highest BCUT2D eigenvalue weighted by Crippen LogP contribution is 2.36. The van der Waals surface area contributed by atoms with Crippen molar-refractivity contribution in [3.63, 3.8) is 0 Å². The Morgan fingerprint density at radius 1 is 1.62 bits per heavy atom. The minimum Gasteiger partial charge on any atom is -0.299 e. The molecule has 0 aromatic rings. The van der Waals surface area contributed by atoms with Gasteiger partial charge in [-0.2, -0.15) is 0 Å². The van der Waals surface area contributed by atoms with Crippen molar-refractivity contribution in [1.29, 1.82) is 0 Å². The van der Waals surface area contributed by atoms with Crippen molar-refractivity contribution in [3.05, 3.63) is 12.2 Å². The molecule has 1 saturated carbocycles. The van der Waals surface area contributed by atoms with E-state index in [1.165, 1.54) is 12.0 Å². The minimum atomic E-state index is 0.278. The number of hydrogen-bond acceptors (Lipinski definition) is 1.